The molecule has 0 saturated carbocycles. The highest BCUT2D eigenvalue weighted by molar-refractivity contribution is 6.02. The van der Waals surface area contributed by atoms with Crippen LogP contribution in [0, 0.1) is 0 Å². The van der Waals surface area contributed by atoms with Gasteiger partial charge in [-0.25, -0.2) is 4.98 Å². The number of anilines is 1. The zero-order valence-electron chi connectivity index (χ0n) is 13.9. The number of hydrogen-bond donors (Lipinski definition) is 1. The summed E-state index contributed by atoms with van der Waals surface area (Å²) < 4.78 is 12.6. The lowest BCUT2D eigenvalue weighted by atomic mass is 10.3. The second-order valence-electron chi connectivity index (χ2n) is 5.96. The molecule has 1 aromatic carbocycles. The van der Waals surface area contributed by atoms with Crippen molar-refractivity contribution in [2.75, 3.05) is 38.2 Å². The van der Waals surface area contributed by atoms with Gasteiger partial charge in [-0.2, -0.15) is 0 Å². The first-order chi connectivity index (χ1) is 12.3. The maximum absolute atomic E-state index is 12.3. The molecule has 0 atom stereocenters. The molecule has 7 nitrogen and oxygen atoms in total. The minimum absolute atomic E-state index is 0.270. The van der Waals surface area contributed by atoms with Crippen molar-refractivity contribution >= 4 is 22.9 Å². The highest BCUT2D eigenvalue weighted by Crippen LogP contribution is 2.20. The normalized spacial score (nSPS) is 15.5. The van der Waals surface area contributed by atoms with Gasteiger partial charge in [0.25, 0.3) is 5.91 Å². The third-order valence-corrected chi connectivity index (χ3v) is 4.37. The quantitative estimate of drug-likeness (QED) is 0.771. The van der Waals surface area contributed by atoms with Gasteiger partial charge >= 0.3 is 0 Å². The number of nitrogens with one attached hydrogen (secondary N) is 1. The Morgan fingerprint density at radius 3 is 2.76 bits per heavy atom. The van der Waals surface area contributed by atoms with E-state index in [1.165, 1.54) is 6.26 Å². The fraction of sp³-hybridized carbons (Fsp3) is 0.333. The van der Waals surface area contributed by atoms with Crippen LogP contribution in [0.1, 0.15) is 10.6 Å². The van der Waals surface area contributed by atoms with Gasteiger partial charge in [0.05, 0.1) is 30.5 Å². The fourth-order valence-corrected chi connectivity index (χ4v) is 3.03. The summed E-state index contributed by atoms with van der Waals surface area (Å²) in [6.07, 6.45) is 1.48. The van der Waals surface area contributed by atoms with Crippen molar-refractivity contribution in [3.05, 3.63) is 48.4 Å². The first-order valence-corrected chi connectivity index (χ1v) is 8.41. The first-order valence-electron chi connectivity index (χ1n) is 8.41. The van der Waals surface area contributed by atoms with Gasteiger partial charge in [-0.1, -0.05) is 12.1 Å². The number of hydrogen-bond acceptors (Lipinski definition) is 5. The van der Waals surface area contributed by atoms with Crippen molar-refractivity contribution in [3.63, 3.8) is 0 Å². The fourth-order valence-electron chi connectivity index (χ4n) is 3.03. The van der Waals surface area contributed by atoms with Crippen LogP contribution in [0.5, 0.6) is 0 Å². The zero-order valence-corrected chi connectivity index (χ0v) is 13.9. The molecule has 4 rings (SSSR count). The van der Waals surface area contributed by atoms with E-state index in [0.717, 1.165) is 50.4 Å². The summed E-state index contributed by atoms with van der Waals surface area (Å²) in [5, 5.41) is 2.87. The number of rotatable bonds is 5. The molecule has 7 heteroatoms. The van der Waals surface area contributed by atoms with Crippen LogP contribution in [0.4, 0.5) is 5.95 Å². The van der Waals surface area contributed by atoms with E-state index < -0.39 is 0 Å². The Bertz CT molecular complexity index is 850. The van der Waals surface area contributed by atoms with E-state index >= 15 is 0 Å². The van der Waals surface area contributed by atoms with Crippen LogP contribution in [0.3, 0.4) is 0 Å². The molecule has 130 valence electrons. The van der Waals surface area contributed by atoms with Crippen molar-refractivity contribution < 1.29 is 13.9 Å². The summed E-state index contributed by atoms with van der Waals surface area (Å²) >= 11 is 0. The Hall–Kier alpha value is -2.64. The number of carbonyl (C=O) groups is 1. The molecule has 0 radical (unpaired) electrons. The van der Waals surface area contributed by atoms with Crippen molar-refractivity contribution in [1.82, 2.24) is 14.5 Å². The number of imidazole rings is 1. The van der Waals surface area contributed by atoms with Gasteiger partial charge < -0.3 is 13.7 Å². The molecular formula is C18H20N4O3. The number of morpholine rings is 1. The van der Waals surface area contributed by atoms with Gasteiger partial charge in [0, 0.05) is 26.2 Å². The number of para-hydroxylation sites is 2. The van der Waals surface area contributed by atoms with Gasteiger partial charge in [-0.05, 0) is 24.3 Å². The molecule has 0 spiro atoms. The molecule has 3 aromatic rings. The molecule has 25 heavy (non-hydrogen) atoms. The molecule has 0 bridgehead atoms. The number of aromatic nitrogens is 2. The minimum atomic E-state index is -0.298. The van der Waals surface area contributed by atoms with Crippen molar-refractivity contribution in [2.45, 2.75) is 6.54 Å². The van der Waals surface area contributed by atoms with Gasteiger partial charge in [0.15, 0.2) is 5.76 Å². The molecule has 1 fully saturated rings. The summed E-state index contributed by atoms with van der Waals surface area (Å²) in [7, 11) is 0. The third kappa shape index (κ3) is 3.42. The number of amides is 1. The Kier molecular flexibility index (Phi) is 4.49. The molecular weight excluding hydrogens is 320 g/mol. The van der Waals surface area contributed by atoms with E-state index in [0.29, 0.717) is 5.95 Å². The van der Waals surface area contributed by atoms with E-state index in [-0.39, 0.29) is 11.7 Å². The van der Waals surface area contributed by atoms with Gasteiger partial charge in [0.2, 0.25) is 5.95 Å². The Morgan fingerprint density at radius 2 is 1.96 bits per heavy atom. The summed E-state index contributed by atoms with van der Waals surface area (Å²) in [6, 6.07) is 11.2. The maximum atomic E-state index is 12.3. The van der Waals surface area contributed by atoms with Crippen LogP contribution >= 0.6 is 0 Å². The molecule has 1 amide bonds. The third-order valence-electron chi connectivity index (χ3n) is 4.37. The van der Waals surface area contributed by atoms with Crippen LogP contribution in [-0.2, 0) is 11.3 Å². The van der Waals surface area contributed by atoms with Crippen LogP contribution in [0.2, 0.25) is 0 Å². The standard InChI is InChI=1S/C18H20N4O3/c23-17(16-6-3-11-25-16)20-18-19-14-4-1-2-5-15(14)22(18)8-7-21-9-12-24-13-10-21/h1-6,11H,7-10,12-13H2,(H,19,20,23). The topological polar surface area (TPSA) is 72.5 Å². The SMILES string of the molecule is O=C(Nc1nc2ccccc2n1CCN1CCOCC1)c1ccco1. The van der Waals surface area contributed by atoms with Gasteiger partial charge in [-0.3, -0.25) is 15.0 Å². The Morgan fingerprint density at radius 1 is 1.12 bits per heavy atom. The molecule has 2 aromatic heterocycles. The molecule has 3 heterocycles. The summed E-state index contributed by atoms with van der Waals surface area (Å²) in [6.45, 7) is 5.03. The average Bonchev–Trinajstić information content (AvgIpc) is 3.29. The Labute approximate surface area is 145 Å². The predicted molar refractivity (Wildman–Crippen MR) is 93.7 cm³/mol. The minimum Gasteiger partial charge on any atom is -0.459 e. The molecule has 0 aliphatic carbocycles. The number of carbonyl (C=O) groups excluding carboxylic acids is 1. The molecule has 1 aliphatic rings. The second-order valence-corrected chi connectivity index (χ2v) is 5.96. The van der Waals surface area contributed by atoms with Gasteiger partial charge in [0.1, 0.15) is 0 Å². The van der Waals surface area contributed by atoms with E-state index in [4.69, 9.17) is 9.15 Å². The first kappa shape index (κ1) is 15.9. The highest BCUT2D eigenvalue weighted by Gasteiger charge is 2.17. The van der Waals surface area contributed by atoms with E-state index in [1.54, 1.807) is 12.1 Å². The number of ether oxygens (including phenoxy) is 1. The lowest BCUT2D eigenvalue weighted by molar-refractivity contribution is 0.0366. The number of benzene rings is 1. The monoisotopic (exact) mass is 340 g/mol. The Balaban J connectivity index is 1.57. The molecule has 1 saturated heterocycles. The second kappa shape index (κ2) is 7.08. The van der Waals surface area contributed by atoms with Crippen LogP contribution in [-0.4, -0.2) is 53.2 Å². The maximum Gasteiger partial charge on any atom is 0.293 e. The lowest BCUT2D eigenvalue weighted by Gasteiger charge is -2.26. The van der Waals surface area contributed by atoms with Crippen LogP contribution in [0.15, 0.2) is 47.1 Å². The van der Waals surface area contributed by atoms with E-state index in [9.17, 15) is 4.79 Å². The lowest BCUT2D eigenvalue weighted by Crippen LogP contribution is -2.38. The van der Waals surface area contributed by atoms with Crippen molar-refractivity contribution in [2.24, 2.45) is 0 Å². The van der Waals surface area contributed by atoms with E-state index in [1.807, 2.05) is 28.8 Å². The molecule has 1 N–H and O–H groups in total. The summed E-state index contributed by atoms with van der Waals surface area (Å²) in [5.41, 5.74) is 1.87. The van der Waals surface area contributed by atoms with Gasteiger partial charge in [-0.15, -0.1) is 0 Å². The van der Waals surface area contributed by atoms with E-state index in [2.05, 4.69) is 15.2 Å². The average molecular weight is 340 g/mol. The van der Waals surface area contributed by atoms with Crippen LogP contribution < -0.4 is 5.32 Å². The van der Waals surface area contributed by atoms with Crippen molar-refractivity contribution in [1.29, 1.82) is 0 Å². The summed E-state index contributed by atoms with van der Waals surface area (Å²) in [4.78, 5) is 19.3. The number of fused-ring (bicyclic) bond motifs is 1. The van der Waals surface area contributed by atoms with Crippen LogP contribution in [0.25, 0.3) is 11.0 Å². The summed E-state index contributed by atoms with van der Waals surface area (Å²) in [5.74, 6) is 0.510. The molecule has 0 unspecified atom stereocenters. The smallest absolute Gasteiger partial charge is 0.293 e. The number of furan rings is 1. The largest absolute Gasteiger partial charge is 0.459 e. The molecule has 1 aliphatic heterocycles. The predicted octanol–water partition coefficient (Wildman–Crippen LogP) is 2.21. The number of nitrogens with zero attached hydrogens (tertiary/aromatic N) is 3. The zero-order chi connectivity index (χ0) is 17.1. The van der Waals surface area contributed by atoms with Crippen molar-refractivity contribution in [3.8, 4) is 0 Å². The highest BCUT2D eigenvalue weighted by atomic mass is 16.5.